The highest BCUT2D eigenvalue weighted by molar-refractivity contribution is 5.63. The standard InChI is InChI=1S/C18H20O2/c19-16-7-4-8-18(13-16)20-17-11-9-15(10-12-17)14-5-2-1-3-6-14/h1-3,5-6,9-12,16,18-19H,4,7-8,13H2/t16-,18+/m1/s1. The van der Waals surface area contributed by atoms with E-state index in [1.54, 1.807) is 0 Å². The molecule has 0 amide bonds. The number of hydrogen-bond acceptors (Lipinski definition) is 2. The molecule has 0 aromatic heterocycles. The molecule has 1 saturated carbocycles. The largest absolute Gasteiger partial charge is 0.490 e. The number of rotatable bonds is 3. The van der Waals surface area contributed by atoms with Crippen LogP contribution in [0, 0.1) is 0 Å². The zero-order chi connectivity index (χ0) is 13.8. The van der Waals surface area contributed by atoms with Crippen molar-refractivity contribution in [3.63, 3.8) is 0 Å². The molecule has 0 bridgehead atoms. The molecule has 3 rings (SSSR count). The topological polar surface area (TPSA) is 29.5 Å². The minimum absolute atomic E-state index is 0.154. The lowest BCUT2D eigenvalue weighted by atomic mass is 9.95. The van der Waals surface area contributed by atoms with E-state index in [-0.39, 0.29) is 12.2 Å². The van der Waals surface area contributed by atoms with Crippen molar-refractivity contribution in [1.29, 1.82) is 0 Å². The summed E-state index contributed by atoms with van der Waals surface area (Å²) >= 11 is 0. The van der Waals surface area contributed by atoms with Crippen molar-refractivity contribution in [2.45, 2.75) is 37.9 Å². The normalized spacial score (nSPS) is 22.4. The smallest absolute Gasteiger partial charge is 0.119 e. The summed E-state index contributed by atoms with van der Waals surface area (Å²) in [5, 5.41) is 9.67. The maximum atomic E-state index is 9.67. The van der Waals surface area contributed by atoms with Crippen molar-refractivity contribution in [1.82, 2.24) is 0 Å². The average molecular weight is 268 g/mol. The lowest BCUT2D eigenvalue weighted by Crippen LogP contribution is -2.28. The van der Waals surface area contributed by atoms with Gasteiger partial charge in [0.1, 0.15) is 11.9 Å². The van der Waals surface area contributed by atoms with Gasteiger partial charge in [0.2, 0.25) is 0 Å². The Labute approximate surface area is 120 Å². The molecule has 1 N–H and O–H groups in total. The summed E-state index contributed by atoms with van der Waals surface area (Å²) in [7, 11) is 0. The lowest BCUT2D eigenvalue weighted by Gasteiger charge is -2.26. The highest BCUT2D eigenvalue weighted by atomic mass is 16.5. The summed E-state index contributed by atoms with van der Waals surface area (Å²) in [6, 6.07) is 18.5. The van der Waals surface area contributed by atoms with Gasteiger partial charge in [-0.2, -0.15) is 0 Å². The van der Waals surface area contributed by atoms with Gasteiger partial charge in [-0.3, -0.25) is 0 Å². The van der Waals surface area contributed by atoms with Crippen LogP contribution >= 0.6 is 0 Å². The van der Waals surface area contributed by atoms with Crippen LogP contribution in [0.2, 0.25) is 0 Å². The van der Waals surface area contributed by atoms with E-state index < -0.39 is 0 Å². The minimum Gasteiger partial charge on any atom is -0.490 e. The Morgan fingerprint density at radius 2 is 1.55 bits per heavy atom. The third-order valence-corrected chi connectivity index (χ3v) is 3.86. The van der Waals surface area contributed by atoms with Gasteiger partial charge in [-0.15, -0.1) is 0 Å². The Morgan fingerprint density at radius 1 is 0.850 bits per heavy atom. The first-order chi connectivity index (χ1) is 9.81. The van der Waals surface area contributed by atoms with Crippen LogP contribution in [0.25, 0.3) is 11.1 Å². The van der Waals surface area contributed by atoms with Crippen molar-refractivity contribution < 1.29 is 9.84 Å². The van der Waals surface area contributed by atoms with Gasteiger partial charge in [-0.25, -0.2) is 0 Å². The number of aliphatic hydroxyl groups is 1. The van der Waals surface area contributed by atoms with Crippen molar-refractivity contribution in [3.8, 4) is 16.9 Å². The van der Waals surface area contributed by atoms with Gasteiger partial charge < -0.3 is 9.84 Å². The molecule has 2 nitrogen and oxygen atoms in total. The molecule has 0 heterocycles. The quantitative estimate of drug-likeness (QED) is 0.910. The summed E-state index contributed by atoms with van der Waals surface area (Å²) < 4.78 is 5.96. The van der Waals surface area contributed by atoms with Gasteiger partial charge in [0.05, 0.1) is 6.10 Å². The molecule has 1 fully saturated rings. The minimum atomic E-state index is -0.197. The molecule has 2 atom stereocenters. The molecule has 2 aromatic carbocycles. The van der Waals surface area contributed by atoms with Crippen LogP contribution in [-0.4, -0.2) is 17.3 Å². The van der Waals surface area contributed by atoms with Crippen LogP contribution in [-0.2, 0) is 0 Å². The third kappa shape index (κ3) is 3.20. The van der Waals surface area contributed by atoms with Gasteiger partial charge in [-0.05, 0) is 42.5 Å². The fourth-order valence-corrected chi connectivity index (χ4v) is 2.78. The summed E-state index contributed by atoms with van der Waals surface area (Å²) in [4.78, 5) is 0. The molecule has 1 aliphatic carbocycles. The maximum Gasteiger partial charge on any atom is 0.119 e. The summed E-state index contributed by atoms with van der Waals surface area (Å²) in [6.07, 6.45) is 3.71. The van der Waals surface area contributed by atoms with Crippen LogP contribution < -0.4 is 4.74 Å². The van der Waals surface area contributed by atoms with Crippen molar-refractivity contribution in [2.75, 3.05) is 0 Å². The van der Waals surface area contributed by atoms with Crippen LogP contribution in [0.5, 0.6) is 5.75 Å². The van der Waals surface area contributed by atoms with Crippen LogP contribution in [0.4, 0.5) is 0 Å². The van der Waals surface area contributed by atoms with Crippen LogP contribution in [0.3, 0.4) is 0 Å². The molecule has 0 aliphatic heterocycles. The average Bonchev–Trinajstić information content (AvgIpc) is 2.49. The van der Waals surface area contributed by atoms with E-state index in [4.69, 9.17) is 4.74 Å². The van der Waals surface area contributed by atoms with E-state index >= 15 is 0 Å². The molecule has 2 heteroatoms. The number of aliphatic hydroxyl groups excluding tert-OH is 1. The van der Waals surface area contributed by atoms with Crippen molar-refractivity contribution in [2.24, 2.45) is 0 Å². The molecular formula is C18H20O2. The van der Waals surface area contributed by atoms with Crippen molar-refractivity contribution >= 4 is 0 Å². The zero-order valence-electron chi connectivity index (χ0n) is 11.5. The summed E-state index contributed by atoms with van der Waals surface area (Å²) in [5.74, 6) is 0.892. The van der Waals surface area contributed by atoms with E-state index in [0.717, 1.165) is 31.4 Å². The van der Waals surface area contributed by atoms with Gasteiger partial charge in [-0.1, -0.05) is 42.5 Å². The Kier molecular flexibility index (Phi) is 4.03. The lowest BCUT2D eigenvalue weighted by molar-refractivity contribution is 0.0536. The Hall–Kier alpha value is -1.80. The Morgan fingerprint density at radius 3 is 2.25 bits per heavy atom. The molecule has 0 saturated heterocycles. The molecule has 104 valence electrons. The van der Waals surface area contributed by atoms with E-state index in [1.807, 2.05) is 30.3 Å². The molecule has 1 aliphatic rings. The zero-order valence-corrected chi connectivity index (χ0v) is 11.5. The van der Waals surface area contributed by atoms with Gasteiger partial charge in [0, 0.05) is 6.42 Å². The second-order valence-corrected chi connectivity index (χ2v) is 5.45. The first-order valence-corrected chi connectivity index (χ1v) is 7.31. The van der Waals surface area contributed by atoms with Crippen molar-refractivity contribution in [3.05, 3.63) is 54.6 Å². The first-order valence-electron chi connectivity index (χ1n) is 7.31. The molecular weight excluding hydrogens is 248 g/mol. The number of benzene rings is 2. The molecule has 0 radical (unpaired) electrons. The molecule has 0 spiro atoms. The highest BCUT2D eigenvalue weighted by Crippen LogP contribution is 2.26. The van der Waals surface area contributed by atoms with E-state index in [2.05, 4.69) is 24.3 Å². The van der Waals surface area contributed by atoms with E-state index in [0.29, 0.717) is 0 Å². The highest BCUT2D eigenvalue weighted by Gasteiger charge is 2.21. The summed E-state index contributed by atoms with van der Waals surface area (Å²) in [6.45, 7) is 0. The second kappa shape index (κ2) is 6.10. The molecule has 0 unspecified atom stereocenters. The third-order valence-electron chi connectivity index (χ3n) is 3.86. The Bertz CT molecular complexity index is 533. The molecule has 20 heavy (non-hydrogen) atoms. The van der Waals surface area contributed by atoms with Gasteiger partial charge >= 0.3 is 0 Å². The van der Waals surface area contributed by atoms with Crippen LogP contribution in [0.15, 0.2) is 54.6 Å². The fourth-order valence-electron chi connectivity index (χ4n) is 2.78. The van der Waals surface area contributed by atoms with Gasteiger partial charge in [0.25, 0.3) is 0 Å². The first kappa shape index (κ1) is 13.2. The molecule has 2 aromatic rings. The predicted octanol–water partition coefficient (Wildman–Crippen LogP) is 4.04. The van der Waals surface area contributed by atoms with Crippen LogP contribution in [0.1, 0.15) is 25.7 Å². The second-order valence-electron chi connectivity index (χ2n) is 5.45. The monoisotopic (exact) mass is 268 g/mol. The van der Waals surface area contributed by atoms with E-state index in [9.17, 15) is 5.11 Å². The summed E-state index contributed by atoms with van der Waals surface area (Å²) in [5.41, 5.74) is 2.41. The maximum absolute atomic E-state index is 9.67. The SMILES string of the molecule is O[C@@H]1CCC[C@H](Oc2ccc(-c3ccccc3)cc2)C1. The number of ether oxygens (including phenoxy) is 1. The fraction of sp³-hybridized carbons (Fsp3) is 0.333. The number of hydrogen-bond donors (Lipinski definition) is 1. The Balaban J connectivity index is 1.67. The van der Waals surface area contributed by atoms with E-state index in [1.165, 1.54) is 11.1 Å². The van der Waals surface area contributed by atoms with Gasteiger partial charge in [0.15, 0.2) is 0 Å². The predicted molar refractivity (Wildman–Crippen MR) is 80.8 cm³/mol.